The monoisotopic (exact) mass is 519 g/mol. The minimum atomic E-state index is -0.340. The number of para-hydroxylation sites is 2. The second-order valence-corrected chi connectivity index (χ2v) is 8.35. The maximum absolute atomic E-state index is 13.2. The topological polar surface area (TPSA) is 89.1 Å². The summed E-state index contributed by atoms with van der Waals surface area (Å²) in [5, 5.41) is 5.85. The van der Waals surface area contributed by atoms with E-state index < -0.39 is 0 Å². The van der Waals surface area contributed by atoms with Crippen LogP contribution in [0.4, 0.5) is 11.4 Å². The molecule has 2 amide bonds. The highest BCUT2D eigenvalue weighted by molar-refractivity contribution is 6.08. The predicted octanol–water partition coefficient (Wildman–Crippen LogP) is 5.71. The van der Waals surface area contributed by atoms with Gasteiger partial charge >= 0.3 is 0 Å². The van der Waals surface area contributed by atoms with Gasteiger partial charge in [0, 0.05) is 12.2 Å². The lowest BCUT2D eigenvalue weighted by atomic mass is 10.1. The third-order valence-corrected chi connectivity index (χ3v) is 5.91. The van der Waals surface area contributed by atoms with Crippen LogP contribution < -0.4 is 24.8 Å². The molecule has 0 aliphatic heterocycles. The number of likely N-dealkylation sites (N-methyl/N-ethyl adjacent to an activating group) is 1. The number of anilines is 2. The summed E-state index contributed by atoms with van der Waals surface area (Å²) >= 11 is 0. The van der Waals surface area contributed by atoms with Crippen molar-refractivity contribution in [3.63, 3.8) is 0 Å². The average molecular weight is 520 g/mol. The van der Waals surface area contributed by atoms with Gasteiger partial charge in [-0.3, -0.25) is 9.59 Å². The van der Waals surface area contributed by atoms with Crippen LogP contribution in [0.2, 0.25) is 0 Å². The number of carbonyl (C=O) groups excluding carboxylic acids is 2. The molecule has 0 unspecified atom stereocenters. The number of nitrogens with zero attached hydrogens (tertiary/aromatic N) is 1. The van der Waals surface area contributed by atoms with E-state index in [9.17, 15) is 9.59 Å². The summed E-state index contributed by atoms with van der Waals surface area (Å²) in [7, 11) is 0. The van der Waals surface area contributed by atoms with E-state index in [2.05, 4.69) is 29.4 Å². The zero-order chi connectivity index (χ0) is 27.3. The summed E-state index contributed by atoms with van der Waals surface area (Å²) in [6, 6.07) is 19.3. The van der Waals surface area contributed by atoms with Gasteiger partial charge in [-0.2, -0.15) is 0 Å². The summed E-state index contributed by atoms with van der Waals surface area (Å²) in [5.74, 6) is 0.849. The maximum atomic E-state index is 13.2. The van der Waals surface area contributed by atoms with Crippen LogP contribution in [0.3, 0.4) is 0 Å². The van der Waals surface area contributed by atoms with Crippen LogP contribution in [0.25, 0.3) is 0 Å². The third kappa shape index (κ3) is 7.73. The van der Waals surface area contributed by atoms with Crippen molar-refractivity contribution < 1.29 is 23.8 Å². The van der Waals surface area contributed by atoms with E-state index in [1.807, 2.05) is 26.0 Å². The summed E-state index contributed by atoms with van der Waals surface area (Å²) in [5.41, 5.74) is 1.77. The number of nitrogens with one attached hydrogen (secondary N) is 2. The lowest BCUT2D eigenvalue weighted by molar-refractivity contribution is 0.101. The second kappa shape index (κ2) is 14.6. The van der Waals surface area contributed by atoms with Crippen molar-refractivity contribution in [3.8, 4) is 17.2 Å². The fraction of sp³-hybridized carbons (Fsp3) is 0.333. The predicted molar refractivity (Wildman–Crippen MR) is 151 cm³/mol. The molecule has 8 nitrogen and oxygen atoms in total. The van der Waals surface area contributed by atoms with Crippen LogP contribution >= 0.6 is 0 Å². The zero-order valence-corrected chi connectivity index (χ0v) is 22.6. The molecular weight excluding hydrogens is 482 g/mol. The zero-order valence-electron chi connectivity index (χ0n) is 22.6. The molecule has 38 heavy (non-hydrogen) atoms. The minimum absolute atomic E-state index is 0.316. The van der Waals surface area contributed by atoms with Crippen molar-refractivity contribution in [1.29, 1.82) is 0 Å². The van der Waals surface area contributed by atoms with Gasteiger partial charge in [0.2, 0.25) is 0 Å². The fourth-order valence-corrected chi connectivity index (χ4v) is 3.92. The highest BCUT2D eigenvalue weighted by Crippen LogP contribution is 2.30. The Morgan fingerprint density at radius 3 is 1.79 bits per heavy atom. The number of amides is 2. The number of benzene rings is 3. The molecule has 0 atom stereocenters. The molecule has 0 aliphatic rings. The molecule has 0 saturated carbocycles. The Hall–Kier alpha value is -4.04. The Bertz CT molecular complexity index is 1210. The molecule has 2 N–H and O–H groups in total. The van der Waals surface area contributed by atoms with Crippen molar-refractivity contribution >= 4 is 23.2 Å². The number of hydrogen-bond acceptors (Lipinski definition) is 6. The van der Waals surface area contributed by atoms with E-state index in [0.717, 1.165) is 19.6 Å². The van der Waals surface area contributed by atoms with Gasteiger partial charge in [-0.15, -0.1) is 0 Å². The molecule has 0 spiro atoms. The SMILES string of the molecule is CCOc1ccccc1C(=O)Nc1ccc(OCCN(CC)CC)c(NC(=O)c2ccccc2OCC)c1. The Kier molecular flexibility index (Phi) is 11.0. The Labute approximate surface area is 224 Å². The summed E-state index contributed by atoms with van der Waals surface area (Å²) in [6.07, 6.45) is 0. The van der Waals surface area contributed by atoms with Gasteiger partial charge in [-0.1, -0.05) is 38.1 Å². The second-order valence-electron chi connectivity index (χ2n) is 8.35. The average Bonchev–Trinajstić information content (AvgIpc) is 2.93. The molecular formula is C30H37N3O5. The number of ether oxygens (including phenoxy) is 3. The van der Waals surface area contributed by atoms with Gasteiger partial charge < -0.3 is 29.7 Å². The first-order chi connectivity index (χ1) is 18.5. The van der Waals surface area contributed by atoms with E-state index in [1.165, 1.54) is 0 Å². The first kappa shape index (κ1) is 28.5. The Morgan fingerprint density at radius 1 is 0.684 bits per heavy atom. The van der Waals surface area contributed by atoms with E-state index in [1.54, 1.807) is 54.6 Å². The molecule has 0 heterocycles. The van der Waals surface area contributed by atoms with E-state index >= 15 is 0 Å². The van der Waals surface area contributed by atoms with Gasteiger partial charge in [-0.25, -0.2) is 0 Å². The van der Waals surface area contributed by atoms with E-state index in [-0.39, 0.29) is 11.8 Å². The van der Waals surface area contributed by atoms with Crippen molar-refractivity contribution in [2.75, 3.05) is 50.1 Å². The van der Waals surface area contributed by atoms with E-state index in [4.69, 9.17) is 14.2 Å². The minimum Gasteiger partial charge on any atom is -0.493 e. The smallest absolute Gasteiger partial charge is 0.259 e. The normalized spacial score (nSPS) is 10.7. The molecule has 3 aromatic carbocycles. The quantitative estimate of drug-likeness (QED) is 0.284. The molecule has 0 saturated heterocycles. The van der Waals surface area contributed by atoms with Gasteiger partial charge in [0.1, 0.15) is 23.9 Å². The molecule has 0 fully saturated rings. The first-order valence-electron chi connectivity index (χ1n) is 13.1. The largest absolute Gasteiger partial charge is 0.493 e. The van der Waals surface area contributed by atoms with Gasteiger partial charge in [0.15, 0.2) is 0 Å². The van der Waals surface area contributed by atoms with Crippen molar-refractivity contribution in [3.05, 3.63) is 77.9 Å². The first-order valence-corrected chi connectivity index (χ1v) is 13.1. The van der Waals surface area contributed by atoms with Crippen molar-refractivity contribution in [2.45, 2.75) is 27.7 Å². The highest BCUT2D eigenvalue weighted by atomic mass is 16.5. The van der Waals surface area contributed by atoms with Crippen LogP contribution in [0.1, 0.15) is 48.4 Å². The van der Waals surface area contributed by atoms with Gasteiger partial charge in [0.05, 0.1) is 30.0 Å². The van der Waals surface area contributed by atoms with Crippen LogP contribution in [0, 0.1) is 0 Å². The van der Waals surface area contributed by atoms with Gasteiger partial charge in [-0.05, 0) is 69.4 Å². The fourth-order valence-electron chi connectivity index (χ4n) is 3.92. The molecule has 3 aromatic rings. The highest BCUT2D eigenvalue weighted by Gasteiger charge is 2.17. The van der Waals surface area contributed by atoms with Gasteiger partial charge in [0.25, 0.3) is 11.8 Å². The molecule has 3 rings (SSSR count). The van der Waals surface area contributed by atoms with Crippen LogP contribution in [-0.4, -0.2) is 56.2 Å². The van der Waals surface area contributed by atoms with Crippen LogP contribution in [0.15, 0.2) is 66.7 Å². The van der Waals surface area contributed by atoms with E-state index in [0.29, 0.717) is 59.6 Å². The molecule has 0 aromatic heterocycles. The standard InChI is InChI=1S/C30H37N3O5/c1-5-33(6-2)19-20-38-28-18-17-22(31-29(34)23-13-9-11-15-26(23)36-7-3)21-25(28)32-30(35)24-14-10-12-16-27(24)37-8-4/h9-18,21H,5-8,19-20H2,1-4H3,(H,31,34)(H,32,35). The molecule has 202 valence electrons. The lowest BCUT2D eigenvalue weighted by Gasteiger charge is -2.20. The van der Waals surface area contributed by atoms with Crippen LogP contribution in [-0.2, 0) is 0 Å². The molecule has 0 bridgehead atoms. The summed E-state index contributed by atoms with van der Waals surface area (Å²) < 4.78 is 17.3. The Balaban J connectivity index is 1.86. The molecule has 0 aliphatic carbocycles. The number of rotatable bonds is 14. The Morgan fingerprint density at radius 2 is 1.24 bits per heavy atom. The third-order valence-electron chi connectivity index (χ3n) is 5.91. The molecule has 8 heteroatoms. The van der Waals surface area contributed by atoms with Crippen molar-refractivity contribution in [2.24, 2.45) is 0 Å². The van der Waals surface area contributed by atoms with Crippen molar-refractivity contribution in [1.82, 2.24) is 4.90 Å². The number of hydrogen-bond donors (Lipinski definition) is 2. The summed E-state index contributed by atoms with van der Waals surface area (Å²) in [6.45, 7) is 11.9. The molecule has 0 radical (unpaired) electrons. The number of carbonyl (C=O) groups is 2. The lowest BCUT2D eigenvalue weighted by Crippen LogP contribution is -2.28. The maximum Gasteiger partial charge on any atom is 0.259 e. The van der Waals surface area contributed by atoms with Crippen LogP contribution in [0.5, 0.6) is 17.2 Å². The summed E-state index contributed by atoms with van der Waals surface area (Å²) in [4.78, 5) is 28.5.